The van der Waals surface area contributed by atoms with Crippen LogP contribution in [0.4, 0.5) is 5.82 Å². The Morgan fingerprint density at radius 2 is 1.93 bits per heavy atom. The molecular weight excluding hydrogens is 346 g/mol. The minimum Gasteiger partial charge on any atom is -0.465 e. The zero-order chi connectivity index (χ0) is 19.2. The molecule has 1 aliphatic rings. The third-order valence-corrected chi connectivity index (χ3v) is 4.59. The van der Waals surface area contributed by atoms with Gasteiger partial charge in [-0.3, -0.25) is 9.69 Å². The van der Waals surface area contributed by atoms with E-state index in [1.807, 2.05) is 35.2 Å². The van der Waals surface area contributed by atoms with Gasteiger partial charge in [-0.25, -0.2) is 9.97 Å². The fourth-order valence-electron chi connectivity index (χ4n) is 3.21. The van der Waals surface area contributed by atoms with E-state index in [0.717, 1.165) is 18.6 Å². The first-order valence-electron chi connectivity index (χ1n) is 9.09. The molecule has 1 atom stereocenters. The van der Waals surface area contributed by atoms with Crippen LogP contribution in [0, 0.1) is 11.3 Å². The molecule has 8 nitrogen and oxygen atoms in total. The van der Waals surface area contributed by atoms with Crippen LogP contribution in [0.3, 0.4) is 0 Å². The number of carbonyl (C=O) groups is 1. The average molecular weight is 369 g/mol. The summed E-state index contributed by atoms with van der Waals surface area (Å²) in [4.78, 5) is 25.8. The Morgan fingerprint density at radius 3 is 2.52 bits per heavy atom. The maximum atomic E-state index is 12.3. The predicted molar refractivity (Wildman–Crippen MR) is 100 cm³/mol. The number of piperazine rings is 1. The van der Waals surface area contributed by atoms with Crippen LogP contribution in [-0.4, -0.2) is 71.9 Å². The van der Waals surface area contributed by atoms with Gasteiger partial charge in [-0.15, -0.1) is 0 Å². The maximum absolute atomic E-state index is 12.3. The van der Waals surface area contributed by atoms with E-state index >= 15 is 0 Å². The number of aliphatic hydroxyl groups excluding tert-OH is 1. The van der Waals surface area contributed by atoms with Crippen molar-refractivity contribution in [2.24, 2.45) is 0 Å². The van der Waals surface area contributed by atoms with E-state index in [1.54, 1.807) is 6.92 Å². The monoisotopic (exact) mass is 369 g/mol. The highest BCUT2D eigenvalue weighted by atomic mass is 16.5. The number of nitrogens with zero attached hydrogens (tertiary/aromatic N) is 5. The number of carbonyl (C=O) groups excluding carboxylic acids is 1. The van der Waals surface area contributed by atoms with Gasteiger partial charge < -0.3 is 14.7 Å². The number of aliphatic hydroxyl groups is 1. The van der Waals surface area contributed by atoms with Crippen molar-refractivity contribution in [3.8, 4) is 6.07 Å². The lowest BCUT2D eigenvalue weighted by molar-refractivity contribution is -0.143. The minimum absolute atomic E-state index is 0.125. The van der Waals surface area contributed by atoms with Crippen LogP contribution in [0.2, 0.25) is 0 Å². The smallest absolute Gasteiger partial charge is 0.329 e. The zero-order valence-corrected chi connectivity index (χ0v) is 15.3. The number of β-amino-alcohol motifs (C(OH)–C–C–N with tert-alkyl or cyclic N) is 1. The van der Waals surface area contributed by atoms with E-state index in [1.165, 1.54) is 0 Å². The second kappa shape index (κ2) is 8.75. The van der Waals surface area contributed by atoms with Crippen molar-refractivity contribution in [1.82, 2.24) is 14.9 Å². The average Bonchev–Trinajstić information content (AvgIpc) is 2.69. The Labute approximate surface area is 158 Å². The van der Waals surface area contributed by atoms with Gasteiger partial charge >= 0.3 is 5.97 Å². The van der Waals surface area contributed by atoms with Crippen molar-refractivity contribution in [2.75, 3.05) is 50.8 Å². The number of hydrogen-bond donors (Lipinski definition) is 1. The van der Waals surface area contributed by atoms with Crippen LogP contribution in [-0.2, 0) is 9.53 Å². The van der Waals surface area contributed by atoms with E-state index in [9.17, 15) is 10.1 Å². The lowest BCUT2D eigenvalue weighted by Crippen LogP contribution is -2.48. The summed E-state index contributed by atoms with van der Waals surface area (Å²) >= 11 is 0. The predicted octanol–water partition coefficient (Wildman–Crippen LogP) is 0.914. The summed E-state index contributed by atoms with van der Waals surface area (Å²) < 4.78 is 5.07. The molecule has 8 heteroatoms. The molecule has 2 aromatic rings. The number of esters is 1. The standard InChI is InChI=1S/C19H23N5O3/c1-2-27-19(26)14(13-20)17-18(22-16-6-4-3-5-15(16)21-17)24-9-7-23(8-10-24)11-12-25/h3-6,14,25H,2,7-12H2,1H3. The molecule has 27 heavy (non-hydrogen) atoms. The normalized spacial score (nSPS) is 16.1. The summed E-state index contributed by atoms with van der Waals surface area (Å²) in [6.45, 7) is 5.57. The SMILES string of the molecule is CCOC(=O)C(C#N)c1nc2ccccc2nc1N1CCN(CCO)CC1. The van der Waals surface area contributed by atoms with Gasteiger partial charge in [0.05, 0.1) is 30.3 Å². The third-order valence-electron chi connectivity index (χ3n) is 4.59. The number of nitriles is 1. The summed E-state index contributed by atoms with van der Waals surface area (Å²) in [7, 11) is 0. The molecule has 0 bridgehead atoms. The molecule has 0 spiro atoms. The van der Waals surface area contributed by atoms with Crippen molar-refractivity contribution in [1.29, 1.82) is 5.26 Å². The fourth-order valence-corrected chi connectivity index (χ4v) is 3.21. The van der Waals surface area contributed by atoms with Gasteiger partial charge in [-0.05, 0) is 19.1 Å². The first-order valence-corrected chi connectivity index (χ1v) is 9.09. The van der Waals surface area contributed by atoms with Crippen molar-refractivity contribution >= 4 is 22.8 Å². The highest BCUT2D eigenvalue weighted by Crippen LogP contribution is 2.28. The molecule has 1 aromatic carbocycles. The van der Waals surface area contributed by atoms with Crippen LogP contribution < -0.4 is 4.90 Å². The van der Waals surface area contributed by atoms with E-state index in [0.29, 0.717) is 36.7 Å². The summed E-state index contributed by atoms with van der Waals surface area (Å²) in [5.41, 5.74) is 1.69. The second-order valence-electron chi connectivity index (χ2n) is 6.29. The molecule has 1 aliphatic heterocycles. The van der Waals surface area contributed by atoms with Gasteiger partial charge in [0.1, 0.15) is 5.69 Å². The van der Waals surface area contributed by atoms with Crippen LogP contribution in [0.5, 0.6) is 0 Å². The molecule has 0 saturated carbocycles. The molecule has 0 aliphatic carbocycles. The number of fused-ring (bicyclic) bond motifs is 1. The number of para-hydroxylation sites is 2. The van der Waals surface area contributed by atoms with Crippen molar-refractivity contribution in [2.45, 2.75) is 12.8 Å². The first-order chi connectivity index (χ1) is 13.2. The Morgan fingerprint density at radius 1 is 1.26 bits per heavy atom. The van der Waals surface area contributed by atoms with Crippen molar-refractivity contribution in [3.05, 3.63) is 30.0 Å². The second-order valence-corrected chi connectivity index (χ2v) is 6.29. The number of benzene rings is 1. The molecule has 1 fully saturated rings. The van der Waals surface area contributed by atoms with Crippen LogP contribution in [0.1, 0.15) is 18.5 Å². The van der Waals surface area contributed by atoms with Gasteiger partial charge in [0.25, 0.3) is 0 Å². The van der Waals surface area contributed by atoms with E-state index in [2.05, 4.69) is 9.88 Å². The first kappa shape index (κ1) is 19.0. The lowest BCUT2D eigenvalue weighted by atomic mass is 10.1. The number of rotatable bonds is 6. The zero-order valence-electron chi connectivity index (χ0n) is 15.3. The largest absolute Gasteiger partial charge is 0.465 e. The molecule has 3 rings (SSSR count). The van der Waals surface area contributed by atoms with Gasteiger partial charge in [0.2, 0.25) is 0 Å². The number of anilines is 1. The maximum Gasteiger partial charge on any atom is 0.329 e. The van der Waals surface area contributed by atoms with E-state index < -0.39 is 11.9 Å². The molecule has 0 amide bonds. The van der Waals surface area contributed by atoms with Gasteiger partial charge in [-0.2, -0.15) is 5.26 Å². The topological polar surface area (TPSA) is 103 Å². The van der Waals surface area contributed by atoms with Crippen LogP contribution >= 0.6 is 0 Å². The van der Waals surface area contributed by atoms with E-state index in [-0.39, 0.29) is 13.2 Å². The summed E-state index contributed by atoms with van der Waals surface area (Å²) in [6.07, 6.45) is 0. The Bertz CT molecular complexity index is 843. The molecule has 0 radical (unpaired) electrons. The molecule has 142 valence electrons. The molecule has 2 heterocycles. The van der Waals surface area contributed by atoms with Gasteiger partial charge in [-0.1, -0.05) is 12.1 Å². The van der Waals surface area contributed by atoms with Crippen LogP contribution in [0.25, 0.3) is 11.0 Å². The lowest BCUT2D eigenvalue weighted by Gasteiger charge is -2.36. The Balaban J connectivity index is 1.99. The highest BCUT2D eigenvalue weighted by molar-refractivity contribution is 5.85. The summed E-state index contributed by atoms with van der Waals surface area (Å²) in [6, 6.07) is 9.44. The van der Waals surface area contributed by atoms with Crippen molar-refractivity contribution < 1.29 is 14.6 Å². The Kier molecular flexibility index (Phi) is 6.16. The van der Waals surface area contributed by atoms with Gasteiger partial charge in [0, 0.05) is 32.7 Å². The number of ether oxygens (including phenoxy) is 1. The molecular formula is C19H23N5O3. The number of hydrogen-bond acceptors (Lipinski definition) is 8. The minimum atomic E-state index is -1.12. The van der Waals surface area contributed by atoms with Crippen molar-refractivity contribution in [3.63, 3.8) is 0 Å². The van der Waals surface area contributed by atoms with Gasteiger partial charge in [0.15, 0.2) is 11.7 Å². The highest BCUT2D eigenvalue weighted by Gasteiger charge is 2.31. The number of aromatic nitrogens is 2. The molecule has 1 aromatic heterocycles. The Hall–Kier alpha value is -2.76. The summed E-state index contributed by atoms with van der Waals surface area (Å²) in [5.74, 6) is -1.17. The molecule has 1 saturated heterocycles. The third kappa shape index (κ3) is 4.15. The summed E-state index contributed by atoms with van der Waals surface area (Å²) in [5, 5.41) is 18.7. The van der Waals surface area contributed by atoms with E-state index in [4.69, 9.17) is 14.8 Å². The van der Waals surface area contributed by atoms with Crippen LogP contribution in [0.15, 0.2) is 24.3 Å². The molecule has 1 N–H and O–H groups in total. The quantitative estimate of drug-likeness (QED) is 0.750. The fraction of sp³-hybridized carbons (Fsp3) is 0.474. The molecule has 1 unspecified atom stereocenters.